The van der Waals surface area contributed by atoms with E-state index in [1.165, 1.54) is 12.3 Å². The Kier molecular flexibility index (Phi) is 14.0. The number of nitrogens with zero attached hydrogens (tertiary/aromatic N) is 5. The number of alkyl halides is 9. The molecule has 2 aliphatic rings. The van der Waals surface area contributed by atoms with Crippen LogP contribution in [0.4, 0.5) is 83.2 Å². The molecule has 0 saturated carbocycles. The summed E-state index contributed by atoms with van der Waals surface area (Å²) in [5, 5.41) is 9.92. The van der Waals surface area contributed by atoms with Crippen molar-refractivity contribution in [2.75, 3.05) is 47.0 Å². The van der Waals surface area contributed by atoms with Gasteiger partial charge in [-0.1, -0.05) is 23.7 Å². The number of benzene rings is 2. The second-order valence-corrected chi connectivity index (χ2v) is 12.2. The summed E-state index contributed by atoms with van der Waals surface area (Å²) in [6, 6.07) is 14.3. The Morgan fingerprint density at radius 1 is 0.789 bits per heavy atom. The normalized spacial score (nSPS) is 13.9. The van der Waals surface area contributed by atoms with Crippen molar-refractivity contribution in [3.05, 3.63) is 89.1 Å². The number of rotatable bonds is 3. The molecule has 6 bridgehead atoms. The van der Waals surface area contributed by atoms with E-state index in [0.717, 1.165) is 34.6 Å². The fraction of sp³-hybridized carbons (Fsp3) is 0.265. The highest BCUT2D eigenvalue weighted by atomic mass is 35.5. The van der Waals surface area contributed by atoms with Gasteiger partial charge in [0.05, 0.1) is 23.8 Å². The molecular weight excluding hydrogens is 810 g/mol. The number of aromatic nitrogens is 3. The topological polar surface area (TPSA) is 150 Å². The average Bonchev–Trinajstić information content (AvgIpc) is 3.15. The van der Waals surface area contributed by atoms with Crippen molar-refractivity contribution in [1.29, 1.82) is 0 Å². The summed E-state index contributed by atoms with van der Waals surface area (Å²) < 4.78 is 112. The number of hydrogen-bond acceptors (Lipinski definition) is 10. The van der Waals surface area contributed by atoms with Gasteiger partial charge in [-0.3, -0.25) is 19.4 Å². The summed E-state index contributed by atoms with van der Waals surface area (Å²) in [4.78, 5) is 58.0. The van der Waals surface area contributed by atoms with Gasteiger partial charge in [-0.15, -0.1) is 0 Å². The van der Waals surface area contributed by atoms with Crippen molar-refractivity contribution in [3.8, 4) is 0 Å². The van der Waals surface area contributed by atoms with Gasteiger partial charge < -0.3 is 25.8 Å². The van der Waals surface area contributed by atoms with Gasteiger partial charge in [-0.2, -0.15) is 44.5 Å². The SMILES string of the molecule is O=C(C(=O)C(F)(F)F)C(F)(F)F.O=C(Nc1ccc2cc1CCc1cncc(c1)Nc1ncc(Cl)c(n1)N2)N1CCN(c2ccccc2F)CC1.O=CC(F)(F)F. The number of halogens is 11. The molecule has 0 atom stereocenters. The first-order valence-electron chi connectivity index (χ1n) is 16.1. The van der Waals surface area contributed by atoms with Gasteiger partial charge in [-0.05, 0) is 60.4 Å². The van der Waals surface area contributed by atoms with Crippen molar-refractivity contribution in [2.24, 2.45) is 0 Å². The zero-order chi connectivity index (χ0) is 42.1. The smallest absolute Gasteiger partial charge is 0.366 e. The standard InChI is InChI=1S/C28H26ClFN8O.C4F6O2.C2HF3O/c29-22-17-32-27-34-21-13-18(15-31-16-21)5-6-19-14-20(33-26(22)36-27)7-8-24(19)35-28(39)38-11-9-37(10-12-38)25-4-2-1-3-23(25)30;5-3(6,7)1(11)2(12)4(8,9)10;3-2(4,5)1-6/h1-4,7-8,13-17H,5-6,9-12H2,(H,35,39)(H2,32,33,34,36);;1H. The van der Waals surface area contributed by atoms with Crippen LogP contribution >= 0.6 is 11.6 Å². The number of pyridine rings is 1. The van der Waals surface area contributed by atoms with Crippen LogP contribution in [0.2, 0.25) is 5.02 Å². The number of nitrogens with one attached hydrogen (secondary N) is 3. The zero-order valence-electron chi connectivity index (χ0n) is 28.7. The van der Waals surface area contributed by atoms with E-state index in [0.29, 0.717) is 55.1 Å². The summed E-state index contributed by atoms with van der Waals surface area (Å²) >= 11 is 6.36. The number of Topliss-reactive ketones (excluding diaryl/α,β-unsaturated/α-hetero) is 2. The summed E-state index contributed by atoms with van der Waals surface area (Å²) in [7, 11) is 0. The third kappa shape index (κ3) is 12.7. The second-order valence-electron chi connectivity index (χ2n) is 11.8. The predicted octanol–water partition coefficient (Wildman–Crippen LogP) is 7.60. The number of hydrogen-bond donors (Lipinski definition) is 3. The van der Waals surface area contributed by atoms with E-state index in [1.807, 2.05) is 41.4 Å². The van der Waals surface area contributed by atoms with Crippen molar-refractivity contribution in [3.63, 3.8) is 0 Å². The first-order valence-corrected chi connectivity index (χ1v) is 16.5. The number of piperazine rings is 1. The van der Waals surface area contributed by atoms with Crippen LogP contribution in [0.3, 0.4) is 0 Å². The molecule has 2 aromatic carbocycles. The predicted molar refractivity (Wildman–Crippen MR) is 185 cm³/mol. The molecule has 3 N–H and O–H groups in total. The van der Waals surface area contributed by atoms with Crippen LogP contribution in [0.25, 0.3) is 0 Å². The minimum atomic E-state index is -5.77. The van der Waals surface area contributed by atoms with Gasteiger partial charge in [-0.25, -0.2) is 14.2 Å². The number of fused-ring (bicyclic) bond motifs is 6. The first-order chi connectivity index (χ1) is 26.6. The number of ketones is 2. The lowest BCUT2D eigenvalue weighted by Crippen LogP contribution is -2.50. The van der Waals surface area contributed by atoms with Gasteiger partial charge >= 0.3 is 36.1 Å². The van der Waals surface area contributed by atoms with Crippen molar-refractivity contribution in [2.45, 2.75) is 31.4 Å². The summed E-state index contributed by atoms with van der Waals surface area (Å²) in [5.41, 5.74) is 4.85. The maximum atomic E-state index is 14.2. The molecule has 1 fully saturated rings. The van der Waals surface area contributed by atoms with E-state index in [2.05, 4.69) is 30.9 Å². The van der Waals surface area contributed by atoms with Crippen LogP contribution in [0.1, 0.15) is 11.1 Å². The molecule has 0 radical (unpaired) electrons. The molecule has 2 amide bonds. The van der Waals surface area contributed by atoms with E-state index < -0.39 is 36.4 Å². The second kappa shape index (κ2) is 18.3. The Bertz CT molecular complexity index is 2070. The number of anilines is 6. The highest BCUT2D eigenvalue weighted by Gasteiger charge is 2.54. The highest BCUT2D eigenvalue weighted by molar-refractivity contribution is 6.41. The van der Waals surface area contributed by atoms with Crippen molar-refractivity contribution in [1.82, 2.24) is 19.9 Å². The minimum Gasteiger partial charge on any atom is -0.366 e. The molecule has 0 spiro atoms. The Labute approximate surface area is 320 Å². The molecule has 0 unspecified atom stereocenters. The molecule has 1 saturated heterocycles. The van der Waals surface area contributed by atoms with Crippen molar-refractivity contribution >= 4 is 70.0 Å². The van der Waals surface area contributed by atoms with E-state index in [4.69, 9.17) is 16.4 Å². The molecular formula is C34H27ClF10N8O4. The summed E-state index contributed by atoms with van der Waals surface area (Å²) in [6.07, 6.45) is -10.8. The van der Waals surface area contributed by atoms with Crippen LogP contribution in [0, 0.1) is 5.82 Å². The Morgan fingerprint density at radius 2 is 1.42 bits per heavy atom. The molecule has 4 aromatic rings. The fourth-order valence-corrected chi connectivity index (χ4v) is 5.20. The minimum absolute atomic E-state index is 0.181. The third-order valence-corrected chi connectivity index (χ3v) is 7.98. The summed E-state index contributed by atoms with van der Waals surface area (Å²) in [5.74, 6) is -6.20. The van der Waals surface area contributed by atoms with E-state index in [1.54, 1.807) is 23.2 Å². The zero-order valence-corrected chi connectivity index (χ0v) is 29.5. The average molecular weight is 837 g/mol. The number of amides is 2. The van der Waals surface area contributed by atoms with Crippen LogP contribution < -0.4 is 20.9 Å². The molecule has 23 heteroatoms. The summed E-state index contributed by atoms with van der Waals surface area (Å²) in [6.45, 7) is 2.11. The first kappa shape index (κ1) is 43.7. The van der Waals surface area contributed by atoms with Gasteiger partial charge in [0.15, 0.2) is 5.82 Å². The number of carbonyl (C=O) groups is 4. The molecule has 6 rings (SSSR count). The van der Waals surface area contributed by atoms with Crippen LogP contribution in [0.5, 0.6) is 0 Å². The molecule has 2 aromatic heterocycles. The number of para-hydroxylation sites is 1. The van der Waals surface area contributed by atoms with Crippen LogP contribution in [0.15, 0.2) is 67.1 Å². The molecule has 304 valence electrons. The lowest BCUT2D eigenvalue weighted by atomic mass is 10.0. The number of aldehydes is 1. The number of carbonyl (C=O) groups excluding carboxylic acids is 4. The van der Waals surface area contributed by atoms with E-state index in [-0.39, 0.29) is 11.8 Å². The number of aryl methyl sites for hydroxylation is 2. The molecule has 57 heavy (non-hydrogen) atoms. The van der Waals surface area contributed by atoms with Gasteiger partial charge in [0.2, 0.25) is 12.2 Å². The molecule has 2 aliphatic heterocycles. The van der Waals surface area contributed by atoms with Crippen LogP contribution in [-0.4, -0.2) is 88.4 Å². The fourth-order valence-electron chi connectivity index (χ4n) is 5.06. The lowest BCUT2D eigenvalue weighted by molar-refractivity contribution is -0.193. The van der Waals surface area contributed by atoms with Gasteiger partial charge in [0.25, 0.3) is 0 Å². The highest BCUT2D eigenvalue weighted by Crippen LogP contribution is 2.30. The lowest BCUT2D eigenvalue weighted by Gasteiger charge is -2.36. The Balaban J connectivity index is 0.000000334. The van der Waals surface area contributed by atoms with Crippen LogP contribution in [-0.2, 0) is 27.2 Å². The maximum Gasteiger partial charge on any atom is 0.458 e. The molecule has 0 aliphatic carbocycles. The van der Waals surface area contributed by atoms with Gasteiger partial charge in [0, 0.05) is 43.8 Å². The quantitative estimate of drug-likeness (QED) is 0.107. The number of urea groups is 1. The van der Waals surface area contributed by atoms with Gasteiger partial charge in [0.1, 0.15) is 10.8 Å². The Hall–Kier alpha value is -6.06. The largest absolute Gasteiger partial charge is 0.458 e. The monoisotopic (exact) mass is 836 g/mol. The maximum absolute atomic E-state index is 14.2. The Morgan fingerprint density at radius 3 is 2.02 bits per heavy atom. The van der Waals surface area contributed by atoms with E-state index in [9.17, 15) is 58.3 Å². The van der Waals surface area contributed by atoms with Crippen molar-refractivity contribution < 1.29 is 63.1 Å². The molecule has 4 heterocycles. The molecule has 12 nitrogen and oxygen atoms in total. The van der Waals surface area contributed by atoms with E-state index >= 15 is 0 Å². The third-order valence-electron chi connectivity index (χ3n) is 7.70.